The van der Waals surface area contributed by atoms with Gasteiger partial charge in [0.1, 0.15) is 5.82 Å². The second-order valence-corrected chi connectivity index (χ2v) is 7.27. The molecule has 0 aliphatic rings. The SMILES string of the molecule is Cc1ccc(S(=O)(=O)CCCC(=O)c2ccc(F)cc2)cc1. The van der Waals surface area contributed by atoms with Crippen LogP contribution in [0, 0.1) is 12.7 Å². The first kappa shape index (κ1) is 16.4. The highest BCUT2D eigenvalue weighted by Crippen LogP contribution is 2.15. The van der Waals surface area contributed by atoms with E-state index in [1.807, 2.05) is 6.92 Å². The van der Waals surface area contributed by atoms with Gasteiger partial charge in [-0.25, -0.2) is 12.8 Å². The van der Waals surface area contributed by atoms with Gasteiger partial charge in [0.15, 0.2) is 15.6 Å². The molecule has 0 saturated heterocycles. The van der Waals surface area contributed by atoms with Gasteiger partial charge in [-0.15, -0.1) is 0 Å². The molecule has 0 N–H and O–H groups in total. The second kappa shape index (κ2) is 6.83. The van der Waals surface area contributed by atoms with Crippen molar-refractivity contribution >= 4 is 15.6 Å². The number of hydrogen-bond acceptors (Lipinski definition) is 3. The monoisotopic (exact) mass is 320 g/mol. The first-order valence-corrected chi connectivity index (χ1v) is 8.62. The van der Waals surface area contributed by atoms with Crippen LogP contribution in [0.15, 0.2) is 53.4 Å². The summed E-state index contributed by atoms with van der Waals surface area (Å²) in [5.41, 5.74) is 1.39. The lowest BCUT2D eigenvalue weighted by molar-refractivity contribution is 0.0982. The Labute approximate surface area is 129 Å². The molecular weight excluding hydrogens is 303 g/mol. The molecule has 2 aromatic carbocycles. The molecule has 22 heavy (non-hydrogen) atoms. The molecule has 0 unspecified atom stereocenters. The summed E-state index contributed by atoms with van der Waals surface area (Å²) < 4.78 is 37.1. The zero-order valence-corrected chi connectivity index (χ0v) is 13.1. The van der Waals surface area contributed by atoms with Crippen LogP contribution in [0.3, 0.4) is 0 Å². The van der Waals surface area contributed by atoms with Gasteiger partial charge < -0.3 is 0 Å². The second-order valence-electron chi connectivity index (χ2n) is 5.17. The predicted molar refractivity (Wildman–Crippen MR) is 83.2 cm³/mol. The van der Waals surface area contributed by atoms with Gasteiger partial charge in [0, 0.05) is 12.0 Å². The summed E-state index contributed by atoms with van der Waals surface area (Å²) in [5.74, 6) is -0.666. The van der Waals surface area contributed by atoms with Crippen LogP contribution in [-0.2, 0) is 9.84 Å². The lowest BCUT2D eigenvalue weighted by atomic mass is 10.1. The highest BCUT2D eigenvalue weighted by atomic mass is 32.2. The number of ketones is 1. The minimum absolute atomic E-state index is 0.0804. The van der Waals surface area contributed by atoms with Gasteiger partial charge >= 0.3 is 0 Å². The Balaban J connectivity index is 1.94. The maximum absolute atomic E-state index is 12.8. The molecule has 0 aliphatic heterocycles. The van der Waals surface area contributed by atoms with Crippen molar-refractivity contribution in [3.8, 4) is 0 Å². The lowest BCUT2D eigenvalue weighted by Gasteiger charge is -2.05. The number of rotatable bonds is 6. The molecule has 0 bridgehead atoms. The fourth-order valence-electron chi connectivity index (χ4n) is 2.07. The largest absolute Gasteiger partial charge is 0.294 e. The smallest absolute Gasteiger partial charge is 0.178 e. The van der Waals surface area contributed by atoms with Gasteiger partial charge in [-0.1, -0.05) is 17.7 Å². The Bertz CT molecular complexity index is 747. The fourth-order valence-corrected chi connectivity index (χ4v) is 3.38. The molecule has 0 amide bonds. The van der Waals surface area contributed by atoms with E-state index in [-0.39, 0.29) is 29.3 Å². The van der Waals surface area contributed by atoms with E-state index in [1.54, 1.807) is 24.3 Å². The lowest BCUT2D eigenvalue weighted by Crippen LogP contribution is -2.09. The minimum atomic E-state index is -3.37. The number of benzene rings is 2. The topological polar surface area (TPSA) is 51.2 Å². The van der Waals surface area contributed by atoms with Crippen molar-refractivity contribution in [2.24, 2.45) is 0 Å². The molecule has 116 valence electrons. The average molecular weight is 320 g/mol. The van der Waals surface area contributed by atoms with Crippen molar-refractivity contribution < 1.29 is 17.6 Å². The summed E-state index contributed by atoms with van der Waals surface area (Å²) >= 11 is 0. The van der Waals surface area contributed by atoms with Crippen LogP contribution in [0.5, 0.6) is 0 Å². The summed E-state index contributed by atoms with van der Waals surface area (Å²) in [5, 5.41) is 0. The van der Waals surface area contributed by atoms with Gasteiger partial charge in [0.25, 0.3) is 0 Å². The highest BCUT2D eigenvalue weighted by molar-refractivity contribution is 7.91. The van der Waals surface area contributed by atoms with Crippen molar-refractivity contribution in [1.29, 1.82) is 0 Å². The molecule has 0 atom stereocenters. The van der Waals surface area contributed by atoms with Crippen LogP contribution in [0.2, 0.25) is 0 Å². The third kappa shape index (κ3) is 4.24. The number of hydrogen-bond donors (Lipinski definition) is 0. The van der Waals surface area contributed by atoms with E-state index in [4.69, 9.17) is 0 Å². The van der Waals surface area contributed by atoms with Crippen molar-refractivity contribution in [3.63, 3.8) is 0 Å². The Hall–Kier alpha value is -2.01. The molecule has 0 aromatic heterocycles. The molecular formula is C17H17FO3S. The van der Waals surface area contributed by atoms with Crippen LogP contribution in [0.4, 0.5) is 4.39 Å². The molecule has 0 heterocycles. The third-order valence-corrected chi connectivity index (χ3v) is 5.18. The summed E-state index contributed by atoms with van der Waals surface area (Å²) in [6.07, 6.45) is 0.364. The fraction of sp³-hybridized carbons (Fsp3) is 0.235. The molecule has 2 aromatic rings. The van der Waals surface area contributed by atoms with E-state index in [0.717, 1.165) is 5.56 Å². The summed E-state index contributed by atoms with van der Waals surface area (Å²) in [4.78, 5) is 12.2. The van der Waals surface area contributed by atoms with Gasteiger partial charge in [-0.3, -0.25) is 4.79 Å². The van der Waals surface area contributed by atoms with E-state index in [2.05, 4.69) is 0 Å². The first-order chi connectivity index (χ1) is 10.4. The first-order valence-electron chi connectivity index (χ1n) is 6.97. The van der Waals surface area contributed by atoms with E-state index in [1.165, 1.54) is 24.3 Å². The number of Topliss-reactive ketones (excluding diaryl/α,β-unsaturated/α-hetero) is 1. The number of halogens is 1. The maximum Gasteiger partial charge on any atom is 0.178 e. The van der Waals surface area contributed by atoms with E-state index in [0.29, 0.717) is 5.56 Å². The molecule has 0 aliphatic carbocycles. The Morgan fingerprint density at radius 2 is 1.59 bits per heavy atom. The van der Waals surface area contributed by atoms with Crippen molar-refractivity contribution in [2.45, 2.75) is 24.7 Å². The van der Waals surface area contributed by atoms with Crippen LogP contribution < -0.4 is 0 Å². The zero-order valence-electron chi connectivity index (χ0n) is 12.3. The van der Waals surface area contributed by atoms with E-state index < -0.39 is 15.7 Å². The molecule has 0 fully saturated rings. The number of aryl methyl sites for hydroxylation is 1. The zero-order chi connectivity index (χ0) is 16.2. The quantitative estimate of drug-likeness (QED) is 0.765. The van der Waals surface area contributed by atoms with E-state index >= 15 is 0 Å². The van der Waals surface area contributed by atoms with Crippen molar-refractivity contribution in [3.05, 3.63) is 65.5 Å². The molecule has 3 nitrogen and oxygen atoms in total. The molecule has 0 radical (unpaired) electrons. The summed E-state index contributed by atoms with van der Waals surface area (Å²) in [6, 6.07) is 11.9. The van der Waals surface area contributed by atoms with Crippen LogP contribution in [0.25, 0.3) is 0 Å². The number of carbonyl (C=O) groups excluding carboxylic acids is 1. The Morgan fingerprint density at radius 3 is 2.18 bits per heavy atom. The van der Waals surface area contributed by atoms with Crippen LogP contribution >= 0.6 is 0 Å². The van der Waals surface area contributed by atoms with Crippen molar-refractivity contribution in [1.82, 2.24) is 0 Å². The molecule has 5 heteroatoms. The summed E-state index contributed by atoms with van der Waals surface area (Å²) in [7, 11) is -3.37. The highest BCUT2D eigenvalue weighted by Gasteiger charge is 2.15. The molecule has 0 saturated carbocycles. The molecule has 2 rings (SSSR count). The Kier molecular flexibility index (Phi) is 5.08. The van der Waals surface area contributed by atoms with Gasteiger partial charge in [0.2, 0.25) is 0 Å². The average Bonchev–Trinajstić information content (AvgIpc) is 2.48. The Morgan fingerprint density at radius 1 is 1.00 bits per heavy atom. The van der Waals surface area contributed by atoms with Crippen molar-refractivity contribution in [2.75, 3.05) is 5.75 Å². The van der Waals surface area contributed by atoms with Gasteiger partial charge in [0.05, 0.1) is 10.6 Å². The van der Waals surface area contributed by atoms with E-state index in [9.17, 15) is 17.6 Å². The third-order valence-electron chi connectivity index (χ3n) is 3.36. The standard InChI is InChI=1S/C17H17FO3S/c1-13-4-10-16(11-5-13)22(20,21)12-2-3-17(19)14-6-8-15(18)9-7-14/h4-11H,2-3,12H2,1H3. The van der Waals surface area contributed by atoms with Crippen LogP contribution in [-0.4, -0.2) is 20.0 Å². The minimum Gasteiger partial charge on any atom is -0.294 e. The number of carbonyl (C=O) groups is 1. The normalized spacial score (nSPS) is 11.4. The summed E-state index contributed by atoms with van der Waals surface area (Å²) in [6.45, 7) is 1.89. The maximum atomic E-state index is 12.8. The van der Waals surface area contributed by atoms with Gasteiger partial charge in [-0.2, -0.15) is 0 Å². The predicted octanol–water partition coefficient (Wildman–Crippen LogP) is 3.57. The number of sulfone groups is 1. The molecule has 0 spiro atoms. The van der Waals surface area contributed by atoms with Crippen LogP contribution in [0.1, 0.15) is 28.8 Å². The van der Waals surface area contributed by atoms with Gasteiger partial charge in [-0.05, 0) is 49.7 Å².